The van der Waals surface area contributed by atoms with Gasteiger partial charge in [-0.1, -0.05) is 30.3 Å². The van der Waals surface area contributed by atoms with Crippen LogP contribution in [0, 0.1) is 5.82 Å². The van der Waals surface area contributed by atoms with Crippen molar-refractivity contribution in [2.75, 3.05) is 11.9 Å². The molecular weight excluding hydrogens is 353 g/mol. The third kappa shape index (κ3) is 4.26. The SMILES string of the molecule is O=C(Nc1ccc(-c2cccc(F)c2)cc1)C1CCCN1Cc1cccnc1. The Morgan fingerprint density at radius 3 is 2.71 bits per heavy atom. The molecule has 0 bridgehead atoms. The molecule has 1 saturated heterocycles. The lowest BCUT2D eigenvalue weighted by molar-refractivity contribution is -0.120. The van der Waals surface area contributed by atoms with Crippen molar-refractivity contribution in [1.82, 2.24) is 9.88 Å². The van der Waals surface area contributed by atoms with Gasteiger partial charge in [-0.15, -0.1) is 0 Å². The van der Waals surface area contributed by atoms with E-state index in [1.165, 1.54) is 12.1 Å². The third-order valence-electron chi connectivity index (χ3n) is 5.09. The van der Waals surface area contributed by atoms with E-state index in [0.717, 1.165) is 48.3 Å². The van der Waals surface area contributed by atoms with Crippen molar-refractivity contribution in [3.63, 3.8) is 0 Å². The number of hydrogen-bond donors (Lipinski definition) is 1. The number of likely N-dealkylation sites (tertiary alicyclic amines) is 1. The first-order valence-electron chi connectivity index (χ1n) is 9.49. The largest absolute Gasteiger partial charge is 0.325 e. The summed E-state index contributed by atoms with van der Waals surface area (Å²) in [6, 6.07) is 17.8. The molecule has 28 heavy (non-hydrogen) atoms. The fourth-order valence-corrected chi connectivity index (χ4v) is 3.68. The number of aromatic nitrogens is 1. The molecule has 142 valence electrons. The highest BCUT2D eigenvalue weighted by molar-refractivity contribution is 5.95. The van der Waals surface area contributed by atoms with Crippen LogP contribution in [0.4, 0.5) is 10.1 Å². The monoisotopic (exact) mass is 375 g/mol. The molecule has 1 amide bonds. The van der Waals surface area contributed by atoms with Crippen molar-refractivity contribution in [2.45, 2.75) is 25.4 Å². The lowest BCUT2D eigenvalue weighted by atomic mass is 10.1. The Kier molecular flexibility index (Phi) is 5.44. The second-order valence-corrected chi connectivity index (χ2v) is 7.07. The standard InChI is InChI=1S/C23H22FN3O/c24-20-6-1-5-19(14-20)18-8-10-21(11-9-18)26-23(28)22-7-3-13-27(22)16-17-4-2-12-25-15-17/h1-2,4-6,8-12,14-15,22H,3,7,13,16H2,(H,26,28). The van der Waals surface area contributed by atoms with Gasteiger partial charge in [-0.3, -0.25) is 14.7 Å². The lowest BCUT2D eigenvalue weighted by Crippen LogP contribution is -2.39. The molecule has 0 spiro atoms. The summed E-state index contributed by atoms with van der Waals surface area (Å²) in [6.07, 6.45) is 5.47. The summed E-state index contributed by atoms with van der Waals surface area (Å²) < 4.78 is 13.4. The number of nitrogens with one attached hydrogen (secondary N) is 1. The minimum absolute atomic E-state index is 0.0138. The molecule has 1 atom stereocenters. The van der Waals surface area contributed by atoms with Crippen LogP contribution in [-0.2, 0) is 11.3 Å². The quantitative estimate of drug-likeness (QED) is 0.715. The number of halogens is 1. The van der Waals surface area contributed by atoms with Crippen molar-refractivity contribution >= 4 is 11.6 Å². The Labute approximate surface area is 164 Å². The van der Waals surface area contributed by atoms with Crippen LogP contribution < -0.4 is 5.32 Å². The van der Waals surface area contributed by atoms with Gasteiger partial charge in [0, 0.05) is 24.6 Å². The summed E-state index contributed by atoms with van der Waals surface area (Å²) in [5.41, 5.74) is 3.59. The van der Waals surface area contributed by atoms with E-state index in [1.807, 2.05) is 48.7 Å². The molecule has 1 N–H and O–H groups in total. The number of carbonyl (C=O) groups excluding carboxylic acids is 1. The molecule has 0 saturated carbocycles. The summed E-state index contributed by atoms with van der Waals surface area (Å²) in [7, 11) is 0. The number of carbonyl (C=O) groups is 1. The van der Waals surface area contributed by atoms with Crippen LogP contribution in [0.25, 0.3) is 11.1 Å². The van der Waals surface area contributed by atoms with E-state index in [4.69, 9.17) is 0 Å². The first kappa shape index (κ1) is 18.3. The fraction of sp³-hybridized carbons (Fsp3) is 0.217. The van der Waals surface area contributed by atoms with Gasteiger partial charge in [-0.2, -0.15) is 0 Å². The molecule has 1 aromatic heterocycles. The van der Waals surface area contributed by atoms with Crippen molar-refractivity contribution < 1.29 is 9.18 Å². The van der Waals surface area contributed by atoms with Crippen molar-refractivity contribution in [1.29, 1.82) is 0 Å². The fourth-order valence-electron chi connectivity index (χ4n) is 3.68. The summed E-state index contributed by atoms with van der Waals surface area (Å²) >= 11 is 0. The topological polar surface area (TPSA) is 45.2 Å². The van der Waals surface area contributed by atoms with Gasteiger partial charge in [-0.25, -0.2) is 4.39 Å². The van der Waals surface area contributed by atoms with E-state index in [9.17, 15) is 9.18 Å². The predicted octanol–water partition coefficient (Wildman–Crippen LogP) is 4.49. The van der Waals surface area contributed by atoms with Gasteiger partial charge < -0.3 is 5.32 Å². The second kappa shape index (κ2) is 8.31. The number of benzene rings is 2. The average molecular weight is 375 g/mol. The molecule has 1 aliphatic heterocycles. The molecule has 0 radical (unpaired) electrons. The third-order valence-corrected chi connectivity index (χ3v) is 5.09. The Hall–Kier alpha value is -3.05. The predicted molar refractivity (Wildman–Crippen MR) is 108 cm³/mol. The second-order valence-electron chi connectivity index (χ2n) is 7.07. The van der Waals surface area contributed by atoms with Crippen LogP contribution in [0.2, 0.25) is 0 Å². The number of amides is 1. The molecule has 5 heteroatoms. The molecule has 2 aromatic carbocycles. The highest BCUT2D eigenvalue weighted by Crippen LogP contribution is 2.24. The Bertz CT molecular complexity index is 944. The number of rotatable bonds is 5. The van der Waals surface area contributed by atoms with E-state index in [1.54, 1.807) is 12.3 Å². The van der Waals surface area contributed by atoms with Gasteiger partial charge in [0.15, 0.2) is 0 Å². The molecule has 1 aliphatic rings. The maximum Gasteiger partial charge on any atom is 0.241 e. The minimum atomic E-state index is -0.259. The number of pyridine rings is 1. The highest BCUT2D eigenvalue weighted by Gasteiger charge is 2.30. The zero-order chi connectivity index (χ0) is 19.3. The summed E-state index contributed by atoms with van der Waals surface area (Å²) in [6.45, 7) is 1.63. The maximum absolute atomic E-state index is 13.4. The van der Waals surface area contributed by atoms with Crippen LogP contribution in [0.5, 0.6) is 0 Å². The van der Waals surface area contributed by atoms with Gasteiger partial charge in [0.05, 0.1) is 6.04 Å². The van der Waals surface area contributed by atoms with E-state index < -0.39 is 0 Å². The van der Waals surface area contributed by atoms with E-state index in [2.05, 4.69) is 15.2 Å². The van der Waals surface area contributed by atoms with Crippen LogP contribution in [0.1, 0.15) is 18.4 Å². The molecular formula is C23H22FN3O. The molecule has 2 heterocycles. The zero-order valence-corrected chi connectivity index (χ0v) is 15.5. The van der Waals surface area contributed by atoms with Crippen molar-refractivity contribution in [3.8, 4) is 11.1 Å². The van der Waals surface area contributed by atoms with Gasteiger partial charge in [0.2, 0.25) is 5.91 Å². The zero-order valence-electron chi connectivity index (χ0n) is 15.5. The lowest BCUT2D eigenvalue weighted by Gasteiger charge is -2.23. The highest BCUT2D eigenvalue weighted by atomic mass is 19.1. The van der Waals surface area contributed by atoms with Crippen molar-refractivity contribution in [2.24, 2.45) is 0 Å². The Morgan fingerprint density at radius 1 is 1.11 bits per heavy atom. The van der Waals surface area contributed by atoms with Gasteiger partial charge in [0.25, 0.3) is 0 Å². The summed E-state index contributed by atoms with van der Waals surface area (Å²) in [5.74, 6) is -0.246. The molecule has 0 aliphatic carbocycles. The maximum atomic E-state index is 13.4. The van der Waals surface area contributed by atoms with Crippen LogP contribution >= 0.6 is 0 Å². The minimum Gasteiger partial charge on any atom is -0.325 e. The van der Waals surface area contributed by atoms with Gasteiger partial charge in [-0.05, 0) is 66.4 Å². The number of nitrogens with zero attached hydrogens (tertiary/aromatic N) is 2. The smallest absolute Gasteiger partial charge is 0.241 e. The van der Waals surface area contributed by atoms with Crippen LogP contribution in [0.3, 0.4) is 0 Å². The molecule has 1 fully saturated rings. The molecule has 4 nitrogen and oxygen atoms in total. The van der Waals surface area contributed by atoms with Crippen molar-refractivity contribution in [3.05, 3.63) is 84.4 Å². The van der Waals surface area contributed by atoms with E-state index in [-0.39, 0.29) is 17.8 Å². The van der Waals surface area contributed by atoms with Gasteiger partial charge >= 0.3 is 0 Å². The Balaban J connectivity index is 1.41. The average Bonchev–Trinajstić information content (AvgIpc) is 3.17. The summed E-state index contributed by atoms with van der Waals surface area (Å²) in [4.78, 5) is 19.2. The van der Waals surface area contributed by atoms with E-state index in [0.29, 0.717) is 0 Å². The first-order chi connectivity index (χ1) is 13.7. The number of hydrogen-bond acceptors (Lipinski definition) is 3. The normalized spacial score (nSPS) is 16.8. The molecule has 1 unspecified atom stereocenters. The first-order valence-corrected chi connectivity index (χ1v) is 9.49. The van der Waals surface area contributed by atoms with Crippen LogP contribution in [0.15, 0.2) is 73.1 Å². The molecule has 3 aromatic rings. The van der Waals surface area contributed by atoms with Gasteiger partial charge in [0.1, 0.15) is 5.82 Å². The van der Waals surface area contributed by atoms with Crippen LogP contribution in [-0.4, -0.2) is 28.4 Å². The van der Waals surface area contributed by atoms with E-state index >= 15 is 0 Å². The summed E-state index contributed by atoms with van der Waals surface area (Å²) in [5, 5.41) is 3.02. The molecule has 4 rings (SSSR count). The number of anilines is 1. The Morgan fingerprint density at radius 2 is 1.96 bits per heavy atom.